The van der Waals surface area contributed by atoms with Crippen LogP contribution in [0.5, 0.6) is 0 Å². The van der Waals surface area contributed by atoms with Gasteiger partial charge in [-0.15, -0.1) is 0 Å². The topological polar surface area (TPSA) is 189 Å². The van der Waals surface area contributed by atoms with Gasteiger partial charge in [-0.3, -0.25) is 18.6 Å². The van der Waals surface area contributed by atoms with Crippen LogP contribution in [-0.4, -0.2) is 88.1 Å². The molecule has 5 atom stereocenters. The van der Waals surface area contributed by atoms with Gasteiger partial charge in [0.2, 0.25) is 0 Å². The van der Waals surface area contributed by atoms with Crippen molar-refractivity contribution >= 4 is 19.8 Å². The SMILES string of the molecule is CC/C=C\C[C@@H](O)/C=C/C=C\C/C=C\C=C\[C@@H](O)/C=C\CCCC(=O)OC[C@H](COP(=O)(O)OC[C@@H](O)CO)OC(=O)CCCCCCCCCCCCCCC. The summed E-state index contributed by atoms with van der Waals surface area (Å²) in [6.07, 6.45) is 36.6. The molecule has 0 rings (SSSR count). The van der Waals surface area contributed by atoms with E-state index < -0.39 is 70.6 Å². The lowest BCUT2D eigenvalue weighted by Gasteiger charge is -2.20. The monoisotopic (exact) mass is 826 g/mol. The number of esters is 2. The molecule has 0 radical (unpaired) electrons. The van der Waals surface area contributed by atoms with Gasteiger partial charge in [-0.1, -0.05) is 164 Å². The number of unbranched alkanes of at least 4 members (excludes halogenated alkanes) is 13. The highest BCUT2D eigenvalue weighted by atomic mass is 31.2. The molecule has 0 amide bonds. The molecule has 0 aromatic heterocycles. The first kappa shape index (κ1) is 54.3. The summed E-state index contributed by atoms with van der Waals surface area (Å²) in [6, 6.07) is 0. The van der Waals surface area contributed by atoms with E-state index in [1.165, 1.54) is 57.8 Å². The summed E-state index contributed by atoms with van der Waals surface area (Å²) in [5.41, 5.74) is 0. The zero-order valence-corrected chi connectivity index (χ0v) is 35.6. The lowest BCUT2D eigenvalue weighted by molar-refractivity contribution is -0.161. The molecule has 13 heteroatoms. The van der Waals surface area contributed by atoms with Gasteiger partial charge < -0.3 is 34.8 Å². The van der Waals surface area contributed by atoms with Gasteiger partial charge in [-0.25, -0.2) is 4.57 Å². The Hall–Kier alpha value is -2.67. The Morgan fingerprint density at radius 3 is 1.82 bits per heavy atom. The maximum atomic E-state index is 12.6. The number of rotatable bonds is 38. The first-order valence-electron chi connectivity index (χ1n) is 21.1. The van der Waals surface area contributed by atoms with Gasteiger partial charge in [-0.2, -0.15) is 0 Å². The molecule has 0 saturated carbocycles. The molecule has 0 heterocycles. The maximum Gasteiger partial charge on any atom is 0.472 e. The molecule has 0 saturated heterocycles. The van der Waals surface area contributed by atoms with Crippen molar-refractivity contribution < 1.29 is 58.0 Å². The molecule has 57 heavy (non-hydrogen) atoms. The number of carbonyl (C=O) groups is 2. The fourth-order valence-electron chi connectivity index (χ4n) is 5.26. The van der Waals surface area contributed by atoms with Crippen LogP contribution >= 0.6 is 7.82 Å². The highest BCUT2D eigenvalue weighted by Crippen LogP contribution is 2.43. The van der Waals surface area contributed by atoms with Crippen LogP contribution in [0.1, 0.15) is 142 Å². The van der Waals surface area contributed by atoms with Crippen molar-refractivity contribution in [2.75, 3.05) is 26.4 Å². The maximum absolute atomic E-state index is 12.6. The van der Waals surface area contributed by atoms with Crippen LogP contribution in [0.3, 0.4) is 0 Å². The van der Waals surface area contributed by atoms with Gasteiger partial charge in [0.1, 0.15) is 12.7 Å². The number of aliphatic hydroxyl groups excluding tert-OH is 4. The molecule has 0 fully saturated rings. The van der Waals surface area contributed by atoms with Crippen LogP contribution in [0.4, 0.5) is 0 Å². The van der Waals surface area contributed by atoms with Crippen molar-refractivity contribution in [3.05, 3.63) is 72.9 Å². The van der Waals surface area contributed by atoms with E-state index in [1.54, 1.807) is 30.4 Å². The Bertz CT molecular complexity index is 1210. The molecule has 5 N–H and O–H groups in total. The number of carbonyl (C=O) groups excluding carboxylic acids is 2. The van der Waals surface area contributed by atoms with Crippen molar-refractivity contribution in [1.82, 2.24) is 0 Å². The molecule has 0 bridgehead atoms. The highest BCUT2D eigenvalue weighted by Gasteiger charge is 2.27. The number of aliphatic hydroxyl groups is 4. The third-order valence-electron chi connectivity index (χ3n) is 8.55. The van der Waals surface area contributed by atoms with Crippen LogP contribution < -0.4 is 0 Å². The fourth-order valence-corrected chi connectivity index (χ4v) is 6.05. The lowest BCUT2D eigenvalue weighted by atomic mass is 10.0. The third kappa shape index (κ3) is 38.6. The second-order valence-corrected chi connectivity index (χ2v) is 15.5. The Kier molecular flexibility index (Phi) is 37.0. The largest absolute Gasteiger partial charge is 0.472 e. The predicted octanol–water partition coefficient (Wildman–Crippen LogP) is 8.83. The summed E-state index contributed by atoms with van der Waals surface area (Å²) in [5.74, 6) is -1.11. The molecule has 0 aromatic carbocycles. The molecule has 328 valence electrons. The number of allylic oxidation sites excluding steroid dienone is 8. The fraction of sp³-hybridized carbons (Fsp3) is 0.682. The van der Waals surface area contributed by atoms with Gasteiger partial charge in [-0.05, 0) is 38.5 Å². The van der Waals surface area contributed by atoms with Gasteiger partial charge in [0.25, 0.3) is 0 Å². The Morgan fingerprint density at radius 2 is 1.21 bits per heavy atom. The molecule has 12 nitrogen and oxygen atoms in total. The Labute approximate surface area is 343 Å². The first-order chi connectivity index (χ1) is 27.5. The molecular weight excluding hydrogens is 751 g/mol. The minimum atomic E-state index is -4.66. The molecule has 0 aliphatic rings. The second-order valence-electron chi connectivity index (χ2n) is 14.0. The van der Waals surface area contributed by atoms with Gasteiger partial charge >= 0.3 is 19.8 Å². The molecule has 1 unspecified atom stereocenters. The van der Waals surface area contributed by atoms with Crippen molar-refractivity contribution in [2.45, 2.75) is 167 Å². The zero-order chi connectivity index (χ0) is 42.2. The number of hydrogen-bond donors (Lipinski definition) is 5. The minimum Gasteiger partial charge on any atom is -0.462 e. The van der Waals surface area contributed by atoms with E-state index in [9.17, 15) is 34.4 Å². The summed E-state index contributed by atoms with van der Waals surface area (Å²) in [5, 5.41) is 38.3. The minimum absolute atomic E-state index is 0.0533. The Morgan fingerprint density at radius 1 is 0.632 bits per heavy atom. The normalized spacial score (nSPS) is 15.7. The average Bonchev–Trinajstić information content (AvgIpc) is 3.19. The van der Waals surface area contributed by atoms with Crippen LogP contribution in [0.15, 0.2) is 72.9 Å². The Balaban J connectivity index is 4.56. The summed E-state index contributed by atoms with van der Waals surface area (Å²) in [6.45, 7) is 1.95. The molecule has 0 aliphatic heterocycles. The summed E-state index contributed by atoms with van der Waals surface area (Å²) < 4.78 is 32.5. The van der Waals surface area contributed by atoms with Crippen LogP contribution in [0.2, 0.25) is 0 Å². The zero-order valence-electron chi connectivity index (χ0n) is 34.7. The standard InChI is InChI=1S/C44H75O12P/c1-3-5-7-8-9-10-11-12-13-14-18-21-27-34-44(50)56-42(38-55-57(51,52)54-36-41(48)35-45)37-53-43(49)33-28-22-26-32-40(47)31-25-20-17-15-16-19-24-30-39(46)29-23-6-4-2/h6,16-17,19-20,23-26,30-32,39-42,45-48H,3-5,7-15,18,21-22,27-29,33-38H2,1-2H3,(H,51,52)/b19-16-,20-17-,23-6-,30-24+,31-25+,32-26-/t39-,40-,41+,42-/m1/s1. The highest BCUT2D eigenvalue weighted by molar-refractivity contribution is 7.47. The van der Waals surface area contributed by atoms with Gasteiger partial charge in [0.15, 0.2) is 6.10 Å². The van der Waals surface area contributed by atoms with Crippen molar-refractivity contribution in [1.29, 1.82) is 0 Å². The van der Waals surface area contributed by atoms with Crippen LogP contribution in [-0.2, 0) is 32.7 Å². The van der Waals surface area contributed by atoms with E-state index >= 15 is 0 Å². The van der Waals surface area contributed by atoms with E-state index in [0.717, 1.165) is 25.7 Å². The number of hydrogen-bond acceptors (Lipinski definition) is 11. The van der Waals surface area contributed by atoms with Gasteiger partial charge in [0, 0.05) is 12.8 Å². The molecule has 0 aliphatic carbocycles. The van der Waals surface area contributed by atoms with Crippen molar-refractivity contribution in [2.24, 2.45) is 0 Å². The predicted molar refractivity (Wildman–Crippen MR) is 226 cm³/mol. The van der Waals surface area contributed by atoms with Crippen molar-refractivity contribution in [3.8, 4) is 0 Å². The second kappa shape index (κ2) is 38.8. The van der Waals surface area contributed by atoms with E-state index in [-0.39, 0.29) is 12.8 Å². The van der Waals surface area contributed by atoms with E-state index in [1.807, 2.05) is 49.5 Å². The van der Waals surface area contributed by atoms with Crippen LogP contribution in [0, 0.1) is 0 Å². The lowest BCUT2D eigenvalue weighted by Crippen LogP contribution is -2.29. The summed E-state index contributed by atoms with van der Waals surface area (Å²) in [4.78, 5) is 34.9. The first-order valence-corrected chi connectivity index (χ1v) is 22.6. The van der Waals surface area contributed by atoms with E-state index in [0.29, 0.717) is 32.1 Å². The van der Waals surface area contributed by atoms with E-state index in [2.05, 4.69) is 11.4 Å². The smallest absolute Gasteiger partial charge is 0.462 e. The molecular formula is C44H75O12P. The number of ether oxygens (including phenoxy) is 2. The van der Waals surface area contributed by atoms with E-state index in [4.69, 9.17) is 19.1 Å². The summed E-state index contributed by atoms with van der Waals surface area (Å²) in [7, 11) is -4.66. The molecule has 0 spiro atoms. The third-order valence-corrected chi connectivity index (χ3v) is 9.50. The number of phosphoric acid groups is 1. The average molecular weight is 827 g/mol. The van der Waals surface area contributed by atoms with Crippen LogP contribution in [0.25, 0.3) is 0 Å². The van der Waals surface area contributed by atoms with Crippen molar-refractivity contribution in [3.63, 3.8) is 0 Å². The molecule has 0 aromatic rings. The quantitative estimate of drug-likeness (QED) is 0.0131. The van der Waals surface area contributed by atoms with Gasteiger partial charge in [0.05, 0.1) is 32.0 Å². The number of phosphoric ester groups is 1. The summed E-state index contributed by atoms with van der Waals surface area (Å²) >= 11 is 0.